The quantitative estimate of drug-likeness (QED) is 0.771. The molecule has 2 heterocycles. The summed E-state index contributed by atoms with van der Waals surface area (Å²) in [6.07, 6.45) is -1.90. The van der Waals surface area contributed by atoms with Crippen molar-refractivity contribution in [1.29, 1.82) is 0 Å². The standard InChI is InChI=1S/C16H16FN3O5/c17-11-7-20(16(23)19-13(11)18)14-12(21)6-10(25-14)8-24-15(22)9-4-2-1-3-5-9/h1-5,7,10,12,14,21H,6,8H2,(H2,18,19,23)/t10-,12-,14+/m1/s1. The van der Waals surface area contributed by atoms with Gasteiger partial charge in [0.1, 0.15) is 12.7 Å². The number of esters is 1. The molecular weight excluding hydrogens is 333 g/mol. The van der Waals surface area contributed by atoms with Crippen LogP contribution < -0.4 is 11.4 Å². The van der Waals surface area contributed by atoms with Crippen molar-refractivity contribution < 1.29 is 23.8 Å². The van der Waals surface area contributed by atoms with Crippen LogP contribution in [0.15, 0.2) is 41.3 Å². The molecule has 0 spiro atoms. The van der Waals surface area contributed by atoms with Crippen LogP contribution in [0.4, 0.5) is 10.2 Å². The maximum absolute atomic E-state index is 13.5. The number of hydrogen-bond donors (Lipinski definition) is 2. The minimum absolute atomic E-state index is 0.110. The number of aromatic nitrogens is 2. The van der Waals surface area contributed by atoms with Gasteiger partial charge in [0.15, 0.2) is 17.9 Å². The number of aliphatic hydroxyl groups is 1. The second-order valence-corrected chi connectivity index (χ2v) is 5.58. The molecule has 2 aromatic rings. The molecule has 0 unspecified atom stereocenters. The van der Waals surface area contributed by atoms with Gasteiger partial charge in [-0.3, -0.25) is 4.57 Å². The van der Waals surface area contributed by atoms with Crippen molar-refractivity contribution in [2.75, 3.05) is 12.3 Å². The number of nitrogen functional groups attached to an aromatic ring is 1. The number of halogens is 1. The fourth-order valence-corrected chi connectivity index (χ4v) is 2.55. The predicted molar refractivity (Wildman–Crippen MR) is 84.1 cm³/mol. The maximum Gasteiger partial charge on any atom is 0.351 e. The lowest BCUT2D eigenvalue weighted by Gasteiger charge is -2.17. The molecular formula is C16H16FN3O5. The summed E-state index contributed by atoms with van der Waals surface area (Å²) in [5.41, 5.74) is 4.77. The van der Waals surface area contributed by atoms with E-state index in [1.54, 1.807) is 30.3 Å². The fraction of sp³-hybridized carbons (Fsp3) is 0.312. The van der Waals surface area contributed by atoms with E-state index in [9.17, 15) is 19.1 Å². The molecule has 1 saturated heterocycles. The number of ether oxygens (including phenoxy) is 2. The molecule has 0 radical (unpaired) electrons. The van der Waals surface area contributed by atoms with Crippen molar-refractivity contribution in [1.82, 2.24) is 9.55 Å². The van der Waals surface area contributed by atoms with E-state index in [1.807, 2.05) is 0 Å². The van der Waals surface area contributed by atoms with Gasteiger partial charge in [-0.2, -0.15) is 4.98 Å². The Bertz CT molecular complexity index is 826. The van der Waals surface area contributed by atoms with E-state index in [2.05, 4.69) is 4.98 Å². The number of carbonyl (C=O) groups excluding carboxylic acids is 1. The summed E-state index contributed by atoms with van der Waals surface area (Å²) in [6, 6.07) is 8.40. The molecule has 0 aliphatic carbocycles. The van der Waals surface area contributed by atoms with Crippen molar-refractivity contribution in [3.05, 3.63) is 58.4 Å². The number of nitrogens with zero attached hydrogens (tertiary/aromatic N) is 2. The molecule has 0 amide bonds. The lowest BCUT2D eigenvalue weighted by molar-refractivity contribution is -0.0574. The van der Waals surface area contributed by atoms with E-state index in [-0.39, 0.29) is 13.0 Å². The largest absolute Gasteiger partial charge is 0.459 e. The van der Waals surface area contributed by atoms with Crippen molar-refractivity contribution >= 4 is 11.8 Å². The van der Waals surface area contributed by atoms with E-state index < -0.39 is 41.7 Å². The van der Waals surface area contributed by atoms with E-state index >= 15 is 0 Å². The summed E-state index contributed by atoms with van der Waals surface area (Å²) in [4.78, 5) is 27.0. The van der Waals surface area contributed by atoms with Crippen LogP contribution in [-0.2, 0) is 9.47 Å². The zero-order chi connectivity index (χ0) is 18.0. The van der Waals surface area contributed by atoms with Gasteiger partial charge in [-0.1, -0.05) is 18.2 Å². The van der Waals surface area contributed by atoms with Crippen LogP contribution in [0.3, 0.4) is 0 Å². The van der Waals surface area contributed by atoms with Gasteiger partial charge in [-0.15, -0.1) is 0 Å². The van der Waals surface area contributed by atoms with Gasteiger partial charge in [-0.05, 0) is 12.1 Å². The van der Waals surface area contributed by atoms with Gasteiger partial charge in [-0.25, -0.2) is 14.0 Å². The monoisotopic (exact) mass is 349 g/mol. The summed E-state index contributed by atoms with van der Waals surface area (Å²) in [5, 5.41) is 10.1. The molecule has 0 saturated carbocycles. The molecule has 3 atom stereocenters. The lowest BCUT2D eigenvalue weighted by atomic mass is 10.2. The second kappa shape index (κ2) is 6.99. The lowest BCUT2D eigenvalue weighted by Crippen LogP contribution is -2.32. The summed E-state index contributed by atoms with van der Waals surface area (Å²) < 4.78 is 25.0. The van der Waals surface area contributed by atoms with Crippen LogP contribution in [0.2, 0.25) is 0 Å². The third kappa shape index (κ3) is 3.67. The molecule has 9 heteroatoms. The van der Waals surface area contributed by atoms with E-state index in [4.69, 9.17) is 15.2 Å². The Morgan fingerprint density at radius 2 is 2.16 bits per heavy atom. The Labute approximate surface area is 141 Å². The zero-order valence-electron chi connectivity index (χ0n) is 13.0. The smallest absolute Gasteiger partial charge is 0.351 e. The van der Waals surface area contributed by atoms with Gasteiger partial charge in [0.2, 0.25) is 0 Å². The van der Waals surface area contributed by atoms with Gasteiger partial charge >= 0.3 is 11.7 Å². The highest BCUT2D eigenvalue weighted by Crippen LogP contribution is 2.28. The number of anilines is 1. The Kier molecular flexibility index (Phi) is 4.77. The Balaban J connectivity index is 1.65. The average Bonchev–Trinajstić information content (AvgIpc) is 2.97. The minimum atomic E-state index is -1.13. The van der Waals surface area contributed by atoms with Crippen LogP contribution in [0.1, 0.15) is 23.0 Å². The molecule has 1 aliphatic heterocycles. The van der Waals surface area contributed by atoms with E-state index in [0.717, 1.165) is 10.8 Å². The molecule has 132 valence electrons. The SMILES string of the molecule is Nc1nc(=O)n([C@H]2O[C@@H](COC(=O)c3ccccc3)C[C@H]2O)cc1F. The highest BCUT2D eigenvalue weighted by atomic mass is 19.1. The van der Waals surface area contributed by atoms with Crippen LogP contribution in [0.5, 0.6) is 0 Å². The number of carbonyl (C=O) groups is 1. The van der Waals surface area contributed by atoms with E-state index in [1.165, 1.54) is 0 Å². The average molecular weight is 349 g/mol. The molecule has 1 fully saturated rings. The summed E-state index contributed by atoms with van der Waals surface area (Å²) in [5.74, 6) is -1.95. The number of benzene rings is 1. The maximum atomic E-state index is 13.5. The Morgan fingerprint density at radius 3 is 2.88 bits per heavy atom. The number of rotatable bonds is 4. The van der Waals surface area contributed by atoms with Crippen molar-refractivity contribution in [3.8, 4) is 0 Å². The normalized spacial score (nSPS) is 22.7. The van der Waals surface area contributed by atoms with Gasteiger partial charge in [0.25, 0.3) is 0 Å². The van der Waals surface area contributed by atoms with Gasteiger partial charge in [0.05, 0.1) is 17.9 Å². The van der Waals surface area contributed by atoms with Crippen molar-refractivity contribution in [2.45, 2.75) is 24.9 Å². The highest BCUT2D eigenvalue weighted by Gasteiger charge is 2.37. The molecule has 1 aromatic heterocycles. The third-order valence-electron chi connectivity index (χ3n) is 3.78. The second-order valence-electron chi connectivity index (χ2n) is 5.58. The zero-order valence-corrected chi connectivity index (χ0v) is 13.0. The van der Waals surface area contributed by atoms with Crippen molar-refractivity contribution in [2.24, 2.45) is 0 Å². The fourth-order valence-electron chi connectivity index (χ4n) is 2.55. The number of nitrogens with two attached hydrogens (primary N) is 1. The summed E-state index contributed by atoms with van der Waals surface area (Å²) in [6.45, 7) is -0.110. The van der Waals surface area contributed by atoms with Gasteiger partial charge in [0, 0.05) is 6.42 Å². The van der Waals surface area contributed by atoms with E-state index in [0.29, 0.717) is 5.56 Å². The molecule has 25 heavy (non-hydrogen) atoms. The summed E-state index contributed by atoms with van der Waals surface area (Å²) in [7, 11) is 0. The third-order valence-corrected chi connectivity index (χ3v) is 3.78. The molecule has 1 aliphatic rings. The highest BCUT2D eigenvalue weighted by molar-refractivity contribution is 5.89. The van der Waals surface area contributed by atoms with Crippen LogP contribution >= 0.6 is 0 Å². The van der Waals surface area contributed by atoms with Crippen LogP contribution in [0, 0.1) is 5.82 Å². The first-order valence-corrected chi connectivity index (χ1v) is 7.55. The molecule has 3 rings (SSSR count). The molecule has 8 nitrogen and oxygen atoms in total. The first-order valence-electron chi connectivity index (χ1n) is 7.55. The summed E-state index contributed by atoms with van der Waals surface area (Å²) >= 11 is 0. The van der Waals surface area contributed by atoms with Gasteiger partial charge < -0.3 is 20.3 Å². The minimum Gasteiger partial charge on any atom is -0.459 e. The van der Waals surface area contributed by atoms with Crippen molar-refractivity contribution in [3.63, 3.8) is 0 Å². The Hall–Kier alpha value is -2.78. The first-order chi connectivity index (χ1) is 12.0. The van der Waals surface area contributed by atoms with Crippen LogP contribution in [-0.4, -0.2) is 39.4 Å². The molecule has 1 aromatic carbocycles. The Morgan fingerprint density at radius 1 is 1.44 bits per heavy atom. The van der Waals surface area contributed by atoms with Crippen LogP contribution in [0.25, 0.3) is 0 Å². The molecule has 0 bridgehead atoms. The number of aliphatic hydroxyl groups excluding tert-OH is 1. The topological polar surface area (TPSA) is 117 Å². The first kappa shape index (κ1) is 17.1. The predicted octanol–water partition coefficient (Wildman–Crippen LogP) is 0.470. The molecule has 3 N–H and O–H groups in total. The number of hydrogen-bond acceptors (Lipinski definition) is 7.